The van der Waals surface area contributed by atoms with Gasteiger partial charge in [0.15, 0.2) is 0 Å². The molecule has 0 unspecified atom stereocenters. The zero-order chi connectivity index (χ0) is 13.6. The third kappa shape index (κ3) is 5.05. The van der Waals surface area contributed by atoms with Crippen LogP contribution in [0.5, 0.6) is 5.75 Å². The fraction of sp³-hybridized carbons (Fsp3) is 0.364. The van der Waals surface area contributed by atoms with Gasteiger partial charge < -0.3 is 14.2 Å². The highest BCUT2D eigenvalue weighted by Gasteiger charge is 2.31. The number of alkyl halides is 3. The molecule has 1 aromatic rings. The Bertz CT molecular complexity index is 386. The zero-order valence-corrected chi connectivity index (χ0v) is 9.49. The quantitative estimate of drug-likeness (QED) is 0.605. The summed E-state index contributed by atoms with van der Waals surface area (Å²) < 4.78 is 48.8. The molecule has 1 aromatic carbocycles. The first kappa shape index (κ1) is 14.3. The van der Waals surface area contributed by atoms with Crippen LogP contribution in [0.25, 0.3) is 0 Å². The number of ether oxygens (including phenoxy) is 3. The van der Waals surface area contributed by atoms with E-state index in [4.69, 9.17) is 4.74 Å². The summed E-state index contributed by atoms with van der Waals surface area (Å²) in [7, 11) is 1.46. The van der Waals surface area contributed by atoms with Crippen molar-refractivity contribution in [2.24, 2.45) is 0 Å². The lowest BCUT2D eigenvalue weighted by molar-refractivity contribution is -0.274. The Kier molecular flexibility index (Phi) is 4.96. The molecular formula is C11H11F3O4. The molecule has 0 aliphatic heterocycles. The number of esters is 1. The van der Waals surface area contributed by atoms with E-state index in [-0.39, 0.29) is 18.8 Å². The van der Waals surface area contributed by atoms with Crippen LogP contribution in [-0.4, -0.2) is 32.7 Å². The normalized spacial score (nSPS) is 11.1. The van der Waals surface area contributed by atoms with Gasteiger partial charge in [0.25, 0.3) is 0 Å². The van der Waals surface area contributed by atoms with Crippen LogP contribution >= 0.6 is 0 Å². The van der Waals surface area contributed by atoms with Gasteiger partial charge in [-0.25, -0.2) is 4.79 Å². The largest absolute Gasteiger partial charge is 0.573 e. The number of hydrogen-bond donors (Lipinski definition) is 0. The summed E-state index contributed by atoms with van der Waals surface area (Å²) in [4.78, 5) is 11.4. The van der Waals surface area contributed by atoms with E-state index >= 15 is 0 Å². The fourth-order valence-corrected chi connectivity index (χ4v) is 1.09. The number of carbonyl (C=O) groups is 1. The molecule has 0 heterocycles. The van der Waals surface area contributed by atoms with Crippen LogP contribution in [-0.2, 0) is 9.47 Å². The standard InChI is InChI=1S/C11H11F3O4/c1-16-6-7-17-10(15)8-2-4-9(5-3-8)18-11(12,13)14/h2-5H,6-7H2,1H3. The number of rotatable bonds is 5. The summed E-state index contributed by atoms with van der Waals surface area (Å²) in [6.07, 6.45) is -4.75. The first-order chi connectivity index (χ1) is 8.42. The predicted octanol–water partition coefficient (Wildman–Crippen LogP) is 2.39. The molecule has 0 saturated carbocycles. The molecule has 0 aromatic heterocycles. The molecule has 0 amide bonds. The molecule has 100 valence electrons. The summed E-state index contributed by atoms with van der Waals surface area (Å²) in [5.41, 5.74) is 0.139. The van der Waals surface area contributed by atoms with Gasteiger partial charge in [-0.1, -0.05) is 0 Å². The molecule has 4 nitrogen and oxygen atoms in total. The van der Waals surface area contributed by atoms with Crippen molar-refractivity contribution >= 4 is 5.97 Å². The number of halogens is 3. The number of carbonyl (C=O) groups excluding carboxylic acids is 1. The maximum atomic E-state index is 11.9. The molecule has 0 radical (unpaired) electrons. The van der Waals surface area contributed by atoms with Crippen LogP contribution in [0.1, 0.15) is 10.4 Å². The SMILES string of the molecule is COCCOC(=O)c1ccc(OC(F)(F)F)cc1. The summed E-state index contributed by atoms with van der Waals surface area (Å²) in [5, 5.41) is 0. The van der Waals surface area contributed by atoms with Crippen molar-refractivity contribution < 1.29 is 32.2 Å². The van der Waals surface area contributed by atoms with Gasteiger partial charge in [0.1, 0.15) is 12.4 Å². The number of benzene rings is 1. The highest BCUT2D eigenvalue weighted by Crippen LogP contribution is 2.22. The molecule has 1 rings (SSSR count). The van der Waals surface area contributed by atoms with E-state index in [0.717, 1.165) is 12.1 Å². The number of methoxy groups -OCH3 is 1. The van der Waals surface area contributed by atoms with Gasteiger partial charge in [0, 0.05) is 7.11 Å². The lowest BCUT2D eigenvalue weighted by atomic mass is 10.2. The van der Waals surface area contributed by atoms with Gasteiger partial charge in [-0.15, -0.1) is 13.2 Å². The van der Waals surface area contributed by atoms with Gasteiger partial charge >= 0.3 is 12.3 Å². The van der Waals surface area contributed by atoms with Crippen molar-refractivity contribution in [2.45, 2.75) is 6.36 Å². The van der Waals surface area contributed by atoms with E-state index in [2.05, 4.69) is 9.47 Å². The number of hydrogen-bond acceptors (Lipinski definition) is 4. The van der Waals surface area contributed by atoms with E-state index < -0.39 is 18.1 Å². The van der Waals surface area contributed by atoms with Crippen molar-refractivity contribution in [3.8, 4) is 5.75 Å². The molecule has 0 aliphatic rings. The summed E-state index contributed by atoms with van der Waals surface area (Å²) in [5.74, 6) is -1.03. The molecular weight excluding hydrogens is 253 g/mol. The Morgan fingerprint density at radius 3 is 2.28 bits per heavy atom. The van der Waals surface area contributed by atoms with Crippen LogP contribution < -0.4 is 4.74 Å². The Morgan fingerprint density at radius 1 is 1.17 bits per heavy atom. The molecule has 0 N–H and O–H groups in total. The zero-order valence-electron chi connectivity index (χ0n) is 9.49. The maximum Gasteiger partial charge on any atom is 0.573 e. The molecule has 0 saturated heterocycles. The summed E-state index contributed by atoms with van der Waals surface area (Å²) in [6.45, 7) is 0.331. The fourth-order valence-electron chi connectivity index (χ4n) is 1.09. The van der Waals surface area contributed by atoms with E-state index in [9.17, 15) is 18.0 Å². The predicted molar refractivity (Wildman–Crippen MR) is 55.3 cm³/mol. The Hall–Kier alpha value is -1.76. The topological polar surface area (TPSA) is 44.8 Å². The average Bonchev–Trinajstić information content (AvgIpc) is 2.28. The third-order valence-corrected chi connectivity index (χ3v) is 1.84. The van der Waals surface area contributed by atoms with E-state index in [1.165, 1.54) is 19.2 Å². The van der Waals surface area contributed by atoms with Crippen molar-refractivity contribution in [1.82, 2.24) is 0 Å². The minimum absolute atomic E-state index is 0.0795. The van der Waals surface area contributed by atoms with Gasteiger partial charge in [0.05, 0.1) is 12.2 Å². The van der Waals surface area contributed by atoms with Crippen molar-refractivity contribution in [2.75, 3.05) is 20.3 Å². The molecule has 0 fully saturated rings. The third-order valence-electron chi connectivity index (χ3n) is 1.84. The van der Waals surface area contributed by atoms with Crippen molar-refractivity contribution in [1.29, 1.82) is 0 Å². The van der Waals surface area contributed by atoms with Crippen LogP contribution in [0.15, 0.2) is 24.3 Å². The van der Waals surface area contributed by atoms with E-state index in [1.54, 1.807) is 0 Å². The van der Waals surface area contributed by atoms with Crippen molar-refractivity contribution in [3.63, 3.8) is 0 Å². The van der Waals surface area contributed by atoms with Gasteiger partial charge in [-0.2, -0.15) is 0 Å². The molecule has 7 heteroatoms. The Balaban J connectivity index is 2.57. The van der Waals surface area contributed by atoms with Gasteiger partial charge in [-0.3, -0.25) is 0 Å². The van der Waals surface area contributed by atoms with E-state index in [0.29, 0.717) is 0 Å². The second kappa shape index (κ2) is 6.25. The van der Waals surface area contributed by atoms with Crippen LogP contribution in [0.2, 0.25) is 0 Å². The summed E-state index contributed by atoms with van der Waals surface area (Å²) >= 11 is 0. The lowest BCUT2D eigenvalue weighted by Crippen LogP contribution is -2.17. The van der Waals surface area contributed by atoms with Crippen LogP contribution in [0.3, 0.4) is 0 Å². The molecule has 0 aliphatic carbocycles. The highest BCUT2D eigenvalue weighted by molar-refractivity contribution is 5.89. The molecule has 18 heavy (non-hydrogen) atoms. The monoisotopic (exact) mass is 264 g/mol. The smallest absolute Gasteiger partial charge is 0.460 e. The molecule has 0 spiro atoms. The first-order valence-electron chi connectivity index (χ1n) is 4.94. The van der Waals surface area contributed by atoms with Crippen LogP contribution in [0.4, 0.5) is 13.2 Å². The molecule has 0 bridgehead atoms. The van der Waals surface area contributed by atoms with Crippen molar-refractivity contribution in [3.05, 3.63) is 29.8 Å². The van der Waals surface area contributed by atoms with E-state index in [1.807, 2.05) is 0 Å². The molecule has 0 atom stereocenters. The second-order valence-corrected chi connectivity index (χ2v) is 3.20. The van der Waals surface area contributed by atoms with Crippen LogP contribution in [0, 0.1) is 0 Å². The lowest BCUT2D eigenvalue weighted by Gasteiger charge is -2.09. The van der Waals surface area contributed by atoms with Gasteiger partial charge in [0.2, 0.25) is 0 Å². The first-order valence-corrected chi connectivity index (χ1v) is 4.94. The minimum Gasteiger partial charge on any atom is -0.460 e. The Labute approximate surface area is 101 Å². The highest BCUT2D eigenvalue weighted by atomic mass is 19.4. The minimum atomic E-state index is -4.75. The maximum absolute atomic E-state index is 11.9. The van der Waals surface area contributed by atoms with Gasteiger partial charge in [-0.05, 0) is 24.3 Å². The Morgan fingerprint density at radius 2 is 1.78 bits per heavy atom. The average molecular weight is 264 g/mol. The second-order valence-electron chi connectivity index (χ2n) is 3.20. The summed E-state index contributed by atoms with van der Waals surface area (Å²) in [6, 6.07) is 4.47.